The summed E-state index contributed by atoms with van der Waals surface area (Å²) in [4.78, 5) is 29.8. The van der Waals surface area contributed by atoms with Gasteiger partial charge in [-0.3, -0.25) is 0 Å². The Morgan fingerprint density at radius 1 is 0.548 bits per heavy atom. The van der Waals surface area contributed by atoms with E-state index in [9.17, 15) is 9.59 Å². The van der Waals surface area contributed by atoms with Crippen molar-refractivity contribution in [2.45, 2.75) is 12.3 Å². The lowest BCUT2D eigenvalue weighted by molar-refractivity contribution is 0.494. The van der Waals surface area contributed by atoms with Gasteiger partial charge in [0, 0.05) is 67.8 Å². The van der Waals surface area contributed by atoms with Gasteiger partial charge in [-0.25, -0.2) is 9.59 Å². The van der Waals surface area contributed by atoms with E-state index < -0.39 is 23.6 Å². The number of anilines is 4. The topological polar surface area (TPSA) is 153 Å². The fourth-order valence-corrected chi connectivity index (χ4v) is 7.53. The number of hydrogen-bond acceptors (Lipinski definition) is 14. The monoisotopic (exact) mass is 862 g/mol. The van der Waals surface area contributed by atoms with Crippen molar-refractivity contribution in [3.05, 3.63) is 175 Å². The average molecular weight is 863 g/mol. The number of para-hydroxylation sites is 2. The molecule has 16 heteroatoms. The number of fused-ring (bicyclic) bond motifs is 2. The van der Waals surface area contributed by atoms with Crippen molar-refractivity contribution in [2.75, 3.05) is 48.6 Å². The maximum Gasteiger partial charge on any atom is 0.349 e. The summed E-state index contributed by atoms with van der Waals surface area (Å²) >= 11 is 11.5. The summed E-state index contributed by atoms with van der Waals surface area (Å²) in [6, 6.07) is 41.1. The molecule has 0 saturated heterocycles. The molecule has 2 N–H and O–H groups in total. The molecule has 62 heavy (non-hydrogen) atoms. The first-order valence-corrected chi connectivity index (χ1v) is 20.2. The summed E-state index contributed by atoms with van der Waals surface area (Å²) in [6.45, 7) is 0. The normalized spacial score (nSPS) is 12.3. The van der Waals surface area contributed by atoms with Crippen LogP contribution >= 0.6 is 24.4 Å². The van der Waals surface area contributed by atoms with E-state index in [4.69, 9.17) is 52.3 Å². The Balaban J connectivity index is 1.06. The van der Waals surface area contributed by atoms with Gasteiger partial charge >= 0.3 is 11.3 Å². The highest BCUT2D eigenvalue weighted by atomic mass is 32.1. The number of nitrogens with one attached hydrogen (secondary N) is 2. The molecule has 0 saturated carbocycles. The van der Waals surface area contributed by atoms with Crippen LogP contribution in [0, 0.1) is 9.67 Å². The number of hydrogen-bond donors (Lipinski definition) is 2. The molecule has 14 nitrogen and oxygen atoms in total. The molecule has 2 unspecified atom stereocenters. The van der Waals surface area contributed by atoms with Gasteiger partial charge in [0.25, 0.3) is 15.6 Å². The van der Waals surface area contributed by atoms with Crippen molar-refractivity contribution in [2.24, 2.45) is 0 Å². The number of benzene rings is 5. The highest BCUT2D eigenvalue weighted by Gasteiger charge is 2.24. The molecule has 4 heterocycles. The van der Waals surface area contributed by atoms with Crippen molar-refractivity contribution >= 4 is 69.1 Å². The van der Waals surface area contributed by atoms with Crippen LogP contribution < -0.4 is 31.7 Å². The number of nitrogens with zero attached hydrogens (tertiary/aromatic N) is 6. The lowest BCUT2D eigenvalue weighted by atomic mass is 10.1. The predicted molar refractivity (Wildman–Crippen MR) is 245 cm³/mol. The summed E-state index contributed by atoms with van der Waals surface area (Å²) in [5.41, 5.74) is 5.53. The van der Waals surface area contributed by atoms with Crippen LogP contribution in [-0.4, -0.2) is 47.8 Å². The molecule has 0 aliphatic carbocycles. The van der Waals surface area contributed by atoms with Crippen molar-refractivity contribution in [3.8, 4) is 22.9 Å². The van der Waals surface area contributed by atoms with Crippen LogP contribution in [0.1, 0.15) is 23.5 Å². The van der Waals surface area contributed by atoms with E-state index in [-0.39, 0.29) is 27.0 Å². The molecular weight excluding hydrogens is 825 g/mol. The highest BCUT2D eigenvalue weighted by Crippen LogP contribution is 2.32. The Labute approximate surface area is 363 Å². The van der Waals surface area contributed by atoms with Crippen LogP contribution in [0.4, 0.5) is 22.7 Å². The highest BCUT2D eigenvalue weighted by molar-refractivity contribution is 7.71. The predicted octanol–water partition coefficient (Wildman–Crippen LogP) is 9.72. The lowest BCUT2D eigenvalue weighted by Gasteiger charge is -2.23. The molecule has 9 aromatic rings. The van der Waals surface area contributed by atoms with E-state index in [2.05, 4.69) is 10.6 Å². The van der Waals surface area contributed by atoms with E-state index >= 15 is 0 Å². The number of aromatic nitrogens is 4. The molecule has 0 amide bonds. The van der Waals surface area contributed by atoms with Crippen LogP contribution in [0.3, 0.4) is 0 Å². The molecular formula is C46H38N8O6S2. The summed E-state index contributed by atoms with van der Waals surface area (Å²) < 4.78 is 26.1. The minimum atomic E-state index is -0.645. The van der Waals surface area contributed by atoms with Crippen LogP contribution in [-0.2, 0) is 0 Å². The zero-order valence-electron chi connectivity index (χ0n) is 33.8. The Morgan fingerprint density at radius 2 is 1.03 bits per heavy atom. The molecule has 9 rings (SSSR count). The van der Waals surface area contributed by atoms with Crippen molar-refractivity contribution < 1.29 is 17.7 Å². The van der Waals surface area contributed by atoms with Gasteiger partial charge in [-0.1, -0.05) is 60.7 Å². The van der Waals surface area contributed by atoms with Gasteiger partial charge in [-0.2, -0.15) is 9.36 Å². The molecule has 0 aliphatic rings. The van der Waals surface area contributed by atoms with Gasteiger partial charge in [-0.15, -0.1) is 10.2 Å². The molecule has 310 valence electrons. The van der Waals surface area contributed by atoms with Crippen molar-refractivity contribution in [1.29, 1.82) is 0 Å². The molecule has 0 bridgehead atoms. The summed E-state index contributed by atoms with van der Waals surface area (Å²) in [5, 5.41) is 18.1. The molecule has 0 spiro atoms. The van der Waals surface area contributed by atoms with Gasteiger partial charge in [0.15, 0.2) is 12.3 Å². The molecule has 5 aromatic carbocycles. The Hall–Kier alpha value is -7.56. The van der Waals surface area contributed by atoms with Gasteiger partial charge < -0.3 is 38.1 Å². The first kappa shape index (κ1) is 39.9. The maximum absolute atomic E-state index is 13.1. The third-order valence-electron chi connectivity index (χ3n) is 10.3. The SMILES string of the molecule is CN(C)c1ccc(C(Nc2ccc(NC(c3ccc(N(C)C)cc3)n3nc(-c4cc(=O)oc5ccccc45)oc3=S)cc2)n2nc(-c3cc4ccccc4oc3=O)oc2=S)cc1. The molecule has 0 fully saturated rings. The van der Waals surface area contributed by atoms with E-state index in [1.54, 1.807) is 35.0 Å². The van der Waals surface area contributed by atoms with Gasteiger partial charge in [0.05, 0.1) is 5.56 Å². The Kier molecular flexibility index (Phi) is 10.6. The Morgan fingerprint density at radius 3 is 1.56 bits per heavy atom. The van der Waals surface area contributed by atoms with Crippen LogP contribution in [0.2, 0.25) is 0 Å². The fraction of sp³-hybridized carbons (Fsp3) is 0.130. The third kappa shape index (κ3) is 7.91. The maximum atomic E-state index is 13.1. The summed E-state index contributed by atoms with van der Waals surface area (Å²) in [5.74, 6) is 0.213. The summed E-state index contributed by atoms with van der Waals surface area (Å²) in [7, 11) is 7.89. The number of rotatable bonds is 12. The molecule has 4 aromatic heterocycles. The van der Waals surface area contributed by atoms with E-state index in [1.807, 2.05) is 135 Å². The quantitative estimate of drug-likeness (QED) is 0.0885. The van der Waals surface area contributed by atoms with Crippen molar-refractivity contribution in [3.63, 3.8) is 0 Å². The summed E-state index contributed by atoms with van der Waals surface area (Å²) in [6.07, 6.45) is -1.27. The second-order valence-corrected chi connectivity index (χ2v) is 15.5. The van der Waals surface area contributed by atoms with Crippen LogP contribution in [0.5, 0.6) is 0 Å². The first-order chi connectivity index (χ1) is 30.0. The van der Waals surface area contributed by atoms with E-state index in [1.165, 1.54) is 10.7 Å². The van der Waals surface area contributed by atoms with Crippen molar-refractivity contribution in [1.82, 2.24) is 19.6 Å². The second-order valence-electron chi connectivity index (χ2n) is 14.8. The van der Waals surface area contributed by atoms with Crippen LogP contribution in [0.25, 0.3) is 44.8 Å². The smallest absolute Gasteiger partial charge is 0.349 e. The van der Waals surface area contributed by atoms with Gasteiger partial charge in [-0.05, 0) is 102 Å². The minimum Gasteiger partial charge on any atom is -0.423 e. The van der Waals surface area contributed by atoms with E-state index in [0.717, 1.165) is 39.3 Å². The third-order valence-corrected chi connectivity index (χ3v) is 10.9. The molecule has 0 radical (unpaired) electrons. The standard InChI is InChI=1S/C46H38N8O6S2/c1-51(2)32-21-13-27(14-22-32)40(53-45(61)59-42(49-53)35-26-39(55)57-38-12-8-6-10-34(35)38)47-30-17-19-31(20-18-30)48-41(28-15-23-33(24-16-28)52(3)4)54-46(62)60-43(50-54)36-25-29-9-5-7-11-37(29)58-44(36)56/h5-26,40-41,47-48H,1-4H3. The van der Waals surface area contributed by atoms with Crippen LogP contribution in [0.15, 0.2) is 161 Å². The average Bonchev–Trinajstić information content (AvgIpc) is 3.86. The van der Waals surface area contributed by atoms with Gasteiger partial charge in [0.2, 0.25) is 5.89 Å². The largest absolute Gasteiger partial charge is 0.423 e. The molecule has 0 aliphatic heterocycles. The minimum absolute atomic E-state index is 0.0361. The zero-order valence-corrected chi connectivity index (χ0v) is 35.4. The first-order valence-electron chi connectivity index (χ1n) is 19.4. The molecule has 2 atom stereocenters. The lowest BCUT2D eigenvalue weighted by Crippen LogP contribution is -2.22. The fourth-order valence-electron chi connectivity index (χ4n) is 7.08. The van der Waals surface area contributed by atoms with Gasteiger partial charge in [0.1, 0.15) is 16.7 Å². The Bertz CT molecular complexity index is 3310. The zero-order chi connectivity index (χ0) is 43.1. The second kappa shape index (κ2) is 16.5. The van der Waals surface area contributed by atoms with E-state index in [0.29, 0.717) is 22.1 Å².